The van der Waals surface area contributed by atoms with Crippen LogP contribution in [0.5, 0.6) is 6.01 Å². The van der Waals surface area contributed by atoms with Crippen molar-refractivity contribution in [2.24, 2.45) is 16.8 Å². The van der Waals surface area contributed by atoms with E-state index in [9.17, 15) is 4.79 Å². The Kier molecular flexibility index (Phi) is 10.1. The molecule has 0 amide bonds. The van der Waals surface area contributed by atoms with E-state index in [0.717, 1.165) is 66.2 Å². The van der Waals surface area contributed by atoms with E-state index >= 15 is 0 Å². The molecule has 3 aromatic heterocycles. The van der Waals surface area contributed by atoms with Gasteiger partial charge < -0.3 is 4.74 Å². The number of aromatic nitrogens is 6. The number of ether oxygens (including phenoxy) is 1. The molecule has 6 rings (SSSR count). The first-order valence-corrected chi connectivity index (χ1v) is 17.0. The zero-order valence-electron chi connectivity index (χ0n) is 28.7. The monoisotopic (exact) mass is 643 g/mol. The van der Waals surface area contributed by atoms with Gasteiger partial charge in [0, 0.05) is 48.8 Å². The van der Waals surface area contributed by atoms with E-state index < -0.39 is 0 Å². The van der Waals surface area contributed by atoms with E-state index in [1.54, 1.807) is 24.8 Å². The van der Waals surface area contributed by atoms with Crippen molar-refractivity contribution >= 4 is 11.5 Å². The summed E-state index contributed by atoms with van der Waals surface area (Å²) in [5, 5.41) is 0. The third-order valence-electron chi connectivity index (χ3n) is 9.67. The van der Waals surface area contributed by atoms with Crippen molar-refractivity contribution in [3.8, 4) is 17.3 Å². The van der Waals surface area contributed by atoms with Crippen LogP contribution in [0.15, 0.2) is 78.0 Å². The average molecular weight is 644 g/mol. The molecule has 2 aliphatic rings. The van der Waals surface area contributed by atoms with Crippen LogP contribution in [0.25, 0.3) is 11.3 Å². The number of ketones is 1. The summed E-state index contributed by atoms with van der Waals surface area (Å²) in [5.74, 6) is 1.47. The Hall–Kier alpha value is -4.66. The fourth-order valence-electron chi connectivity index (χ4n) is 6.93. The standard InChI is InChI=1S/C39H45N7O2/c1-25-17-18-40-36(25)37-30(39(2,3)4)22-43-34(46-37)19-27-11-14-28(15-12-27)35(33(47)16-13-26-9-7-6-8-10-26)32-24-41-31(23-42-32)29-20-44-38(48-5)45-21-29/h6-10,17,20-24,27-28,35H,11-16,18-19H2,1-5H3. The zero-order chi connectivity index (χ0) is 33.7. The molecule has 1 unspecified atom stereocenters. The van der Waals surface area contributed by atoms with Gasteiger partial charge in [-0.3, -0.25) is 19.8 Å². The van der Waals surface area contributed by atoms with Crippen molar-refractivity contribution in [3.63, 3.8) is 0 Å². The molecule has 4 aromatic rings. The van der Waals surface area contributed by atoms with Gasteiger partial charge in [-0.25, -0.2) is 19.9 Å². The predicted octanol–water partition coefficient (Wildman–Crippen LogP) is 7.11. The summed E-state index contributed by atoms with van der Waals surface area (Å²) >= 11 is 0. The number of allylic oxidation sites excluding steroid dienone is 1. The van der Waals surface area contributed by atoms with Crippen LogP contribution in [0.4, 0.5) is 0 Å². The van der Waals surface area contributed by atoms with Gasteiger partial charge in [-0.15, -0.1) is 0 Å². The molecular formula is C39H45N7O2. The number of rotatable bonds is 11. The van der Waals surface area contributed by atoms with Crippen LogP contribution in [-0.2, 0) is 23.1 Å². The van der Waals surface area contributed by atoms with E-state index in [2.05, 4.69) is 55.9 Å². The van der Waals surface area contributed by atoms with Crippen LogP contribution in [0.3, 0.4) is 0 Å². The Bertz CT molecular complexity index is 1770. The molecule has 9 nitrogen and oxygen atoms in total. The minimum atomic E-state index is -0.299. The Morgan fingerprint density at radius 1 is 0.917 bits per heavy atom. The van der Waals surface area contributed by atoms with Crippen molar-refractivity contribution in [1.29, 1.82) is 0 Å². The van der Waals surface area contributed by atoms with Crippen molar-refractivity contribution in [2.45, 2.75) is 84.0 Å². The highest BCUT2D eigenvalue weighted by molar-refractivity contribution is 6.13. The lowest BCUT2D eigenvalue weighted by Crippen LogP contribution is -2.28. The first-order valence-electron chi connectivity index (χ1n) is 17.0. The summed E-state index contributed by atoms with van der Waals surface area (Å²) < 4.78 is 5.08. The number of benzene rings is 1. The Labute approximate surface area is 283 Å². The first kappa shape index (κ1) is 33.2. The molecular weight excluding hydrogens is 598 g/mol. The largest absolute Gasteiger partial charge is 0.467 e. The highest BCUT2D eigenvalue weighted by Gasteiger charge is 2.35. The normalized spacial score (nSPS) is 18.6. The van der Waals surface area contributed by atoms with E-state index in [-0.39, 0.29) is 23.0 Å². The Morgan fingerprint density at radius 2 is 1.67 bits per heavy atom. The zero-order valence-corrected chi connectivity index (χ0v) is 28.7. The van der Waals surface area contributed by atoms with Crippen LogP contribution in [-0.4, -0.2) is 55.1 Å². The van der Waals surface area contributed by atoms with Crippen LogP contribution < -0.4 is 4.74 Å². The molecule has 0 spiro atoms. The number of aliphatic imine (C=N–C) groups is 1. The quantitative estimate of drug-likeness (QED) is 0.170. The summed E-state index contributed by atoms with van der Waals surface area (Å²) in [7, 11) is 1.53. The van der Waals surface area contributed by atoms with Crippen molar-refractivity contribution in [3.05, 3.63) is 101 Å². The second kappa shape index (κ2) is 14.6. The number of methoxy groups -OCH3 is 1. The highest BCUT2D eigenvalue weighted by Crippen LogP contribution is 2.40. The van der Waals surface area contributed by atoms with Gasteiger partial charge in [0.15, 0.2) is 0 Å². The second-order valence-corrected chi connectivity index (χ2v) is 14.1. The molecule has 248 valence electrons. The highest BCUT2D eigenvalue weighted by atomic mass is 16.5. The van der Waals surface area contributed by atoms with E-state index in [1.165, 1.54) is 18.2 Å². The lowest BCUT2D eigenvalue weighted by molar-refractivity contribution is -0.122. The maximum absolute atomic E-state index is 14.0. The molecule has 1 aliphatic heterocycles. The van der Waals surface area contributed by atoms with Crippen LogP contribution in [0.1, 0.15) is 94.1 Å². The van der Waals surface area contributed by atoms with Crippen molar-refractivity contribution in [1.82, 2.24) is 29.9 Å². The van der Waals surface area contributed by atoms with Crippen LogP contribution in [0, 0.1) is 11.8 Å². The lowest BCUT2D eigenvalue weighted by Gasteiger charge is -2.33. The van der Waals surface area contributed by atoms with Crippen molar-refractivity contribution in [2.75, 3.05) is 13.7 Å². The molecule has 0 radical (unpaired) electrons. The van der Waals surface area contributed by atoms with Gasteiger partial charge in [-0.2, -0.15) is 0 Å². The number of carbonyl (C=O) groups is 1. The fraction of sp³-hybridized carbons (Fsp3) is 0.436. The summed E-state index contributed by atoms with van der Waals surface area (Å²) in [5.41, 5.74) is 7.51. The maximum Gasteiger partial charge on any atom is 0.316 e. The number of nitrogens with zero attached hydrogens (tertiary/aromatic N) is 7. The third kappa shape index (κ3) is 7.72. The topological polar surface area (TPSA) is 116 Å². The molecule has 0 saturated heterocycles. The molecule has 48 heavy (non-hydrogen) atoms. The average Bonchev–Trinajstić information content (AvgIpc) is 3.54. The summed E-state index contributed by atoms with van der Waals surface area (Å²) in [6.45, 7) is 9.43. The molecule has 1 atom stereocenters. The van der Waals surface area contributed by atoms with E-state index in [4.69, 9.17) is 29.7 Å². The minimum absolute atomic E-state index is 0.0805. The van der Waals surface area contributed by atoms with Crippen LogP contribution >= 0.6 is 0 Å². The summed E-state index contributed by atoms with van der Waals surface area (Å²) in [6, 6.07) is 10.5. The molecule has 1 aromatic carbocycles. The molecule has 1 saturated carbocycles. The molecule has 4 heterocycles. The lowest BCUT2D eigenvalue weighted by atomic mass is 9.72. The number of hydrogen-bond acceptors (Lipinski definition) is 9. The number of aryl methyl sites for hydroxylation is 1. The van der Waals surface area contributed by atoms with Gasteiger partial charge in [-0.05, 0) is 67.4 Å². The van der Waals surface area contributed by atoms with E-state index in [1.807, 2.05) is 24.4 Å². The molecule has 1 fully saturated rings. The van der Waals surface area contributed by atoms with Gasteiger partial charge in [0.05, 0.1) is 48.6 Å². The Morgan fingerprint density at radius 3 is 2.29 bits per heavy atom. The minimum Gasteiger partial charge on any atom is -0.467 e. The SMILES string of the molecule is COc1ncc(-c2cnc(C(C(=O)CCc3ccccc3)C3CCC(Cc4ncc(C(C)(C)C)c(C5=NCC=C5C)n4)CC3)cn2)cn1. The van der Waals surface area contributed by atoms with Gasteiger partial charge in [0.25, 0.3) is 0 Å². The fourth-order valence-corrected chi connectivity index (χ4v) is 6.93. The first-order chi connectivity index (χ1) is 23.2. The summed E-state index contributed by atoms with van der Waals surface area (Å²) in [6.07, 6.45) is 16.9. The Balaban J connectivity index is 1.18. The van der Waals surface area contributed by atoms with E-state index in [0.29, 0.717) is 37.0 Å². The van der Waals surface area contributed by atoms with Gasteiger partial charge in [-0.1, -0.05) is 57.2 Å². The van der Waals surface area contributed by atoms with Gasteiger partial charge in [0.2, 0.25) is 0 Å². The second-order valence-electron chi connectivity index (χ2n) is 14.1. The molecule has 1 aliphatic carbocycles. The van der Waals surface area contributed by atoms with Crippen LogP contribution in [0.2, 0.25) is 0 Å². The maximum atomic E-state index is 14.0. The third-order valence-corrected chi connectivity index (χ3v) is 9.67. The molecule has 0 bridgehead atoms. The predicted molar refractivity (Wildman–Crippen MR) is 187 cm³/mol. The summed E-state index contributed by atoms with van der Waals surface area (Å²) in [4.78, 5) is 46.6. The van der Waals surface area contributed by atoms with Gasteiger partial charge >= 0.3 is 6.01 Å². The number of Topliss-reactive ketones (excluding diaryl/α,β-unsaturated/α-hetero) is 1. The van der Waals surface area contributed by atoms with Gasteiger partial charge in [0.1, 0.15) is 11.6 Å². The molecule has 0 N–H and O–H groups in total. The number of carbonyl (C=O) groups excluding carboxylic acids is 1. The van der Waals surface area contributed by atoms with Crippen molar-refractivity contribution < 1.29 is 9.53 Å². The smallest absolute Gasteiger partial charge is 0.316 e. The number of hydrogen-bond donors (Lipinski definition) is 0. The molecule has 9 heteroatoms.